The largest absolute Gasteiger partial charge is 0.452 e. The maximum atomic E-state index is 14.6. The molecule has 0 saturated carbocycles. The van der Waals surface area contributed by atoms with Crippen LogP contribution in [0.25, 0.3) is 0 Å². The first-order valence-corrected chi connectivity index (χ1v) is 12.3. The maximum absolute atomic E-state index is 14.6. The van der Waals surface area contributed by atoms with Crippen molar-refractivity contribution >= 4 is 29.0 Å². The number of alkyl halides is 6. The van der Waals surface area contributed by atoms with Crippen LogP contribution in [0, 0.1) is 0 Å². The van der Waals surface area contributed by atoms with Crippen LogP contribution in [0.2, 0.25) is 0 Å². The monoisotopic (exact) mass is 582 g/mol. The molecule has 42 heavy (non-hydrogen) atoms. The second kappa shape index (κ2) is 9.47. The Kier molecular flexibility index (Phi) is 6.10. The molecule has 0 aliphatic carbocycles. The average molecular weight is 582 g/mol. The number of aliphatic imine (C=N–C) groups is 1. The van der Waals surface area contributed by atoms with Gasteiger partial charge in [-0.2, -0.15) is 26.3 Å². The van der Waals surface area contributed by atoms with E-state index in [1.54, 1.807) is 12.1 Å². The normalized spacial score (nSPS) is 17.6. The minimum atomic E-state index is -5.09. The Morgan fingerprint density at radius 2 is 1.29 bits per heavy atom. The van der Waals surface area contributed by atoms with Crippen LogP contribution in [0.4, 0.5) is 37.7 Å². The van der Waals surface area contributed by atoms with Crippen molar-refractivity contribution in [1.29, 1.82) is 0 Å². The Morgan fingerprint density at radius 3 is 1.90 bits per heavy atom. The number of esters is 1. The van der Waals surface area contributed by atoms with Crippen molar-refractivity contribution in [3.05, 3.63) is 119 Å². The molecule has 4 aromatic carbocycles. The third kappa shape index (κ3) is 4.18. The van der Waals surface area contributed by atoms with Gasteiger partial charge in [0.15, 0.2) is 5.84 Å². The summed E-state index contributed by atoms with van der Waals surface area (Å²) < 4.78 is 97.7. The molecule has 0 amide bonds. The highest BCUT2D eigenvalue weighted by molar-refractivity contribution is 6.56. The minimum Gasteiger partial charge on any atom is -0.452 e. The topological polar surface area (TPSA) is 68.2 Å². The van der Waals surface area contributed by atoms with Gasteiger partial charge >= 0.3 is 24.0 Å². The highest BCUT2D eigenvalue weighted by Crippen LogP contribution is 2.53. The number of para-hydroxylation sites is 2. The molecule has 0 aromatic heterocycles. The van der Waals surface area contributed by atoms with E-state index in [1.165, 1.54) is 48.5 Å². The maximum Gasteiger partial charge on any atom is 0.417 e. The predicted octanol–water partition coefficient (Wildman–Crippen LogP) is 7.31. The highest BCUT2D eigenvalue weighted by Gasteiger charge is 2.63. The van der Waals surface area contributed by atoms with Crippen LogP contribution >= 0.6 is 0 Å². The van der Waals surface area contributed by atoms with Crippen LogP contribution in [0.3, 0.4) is 0 Å². The van der Waals surface area contributed by atoms with Gasteiger partial charge in [-0.15, -0.1) is 0 Å². The molecule has 212 valence electrons. The average Bonchev–Trinajstić information content (AvgIpc) is 3.24. The van der Waals surface area contributed by atoms with Crippen molar-refractivity contribution in [2.24, 2.45) is 4.99 Å². The van der Waals surface area contributed by atoms with Gasteiger partial charge in [0.2, 0.25) is 5.78 Å². The lowest BCUT2D eigenvalue weighted by Gasteiger charge is -2.44. The minimum absolute atomic E-state index is 0.0940. The van der Waals surface area contributed by atoms with E-state index < -0.39 is 69.3 Å². The fourth-order valence-electron chi connectivity index (χ4n) is 5.06. The van der Waals surface area contributed by atoms with Gasteiger partial charge in [0.1, 0.15) is 11.5 Å². The van der Waals surface area contributed by atoms with Crippen LogP contribution in [-0.2, 0) is 22.9 Å². The summed E-state index contributed by atoms with van der Waals surface area (Å²) in [5.74, 6) is -3.69. The Morgan fingerprint density at radius 1 is 0.714 bits per heavy atom. The number of ether oxygens (including phenoxy) is 2. The molecule has 1 atom stereocenters. The number of halogens is 6. The van der Waals surface area contributed by atoms with E-state index in [9.17, 15) is 35.9 Å². The first-order valence-electron chi connectivity index (χ1n) is 12.3. The first-order chi connectivity index (χ1) is 19.9. The van der Waals surface area contributed by atoms with E-state index in [0.717, 1.165) is 24.3 Å². The third-order valence-electron chi connectivity index (χ3n) is 6.70. The fourth-order valence-corrected chi connectivity index (χ4v) is 5.06. The molecule has 4 aromatic rings. The zero-order valence-electron chi connectivity index (χ0n) is 21.0. The standard InChI is InChI=1S/C30H16F6N2O4/c31-29(32,33)19-13-8-16-22-23(19)25(39)26-37-21-15-7-14-20(30(34,35)36)24(21)28(38(22)26,42-18-11-5-2-6-12-18)27(40)41-17-9-3-1-4-10-17/h1-16H. The Balaban J connectivity index is 1.73. The lowest BCUT2D eigenvalue weighted by molar-refractivity contribution is -0.155. The van der Waals surface area contributed by atoms with E-state index in [0.29, 0.717) is 17.0 Å². The van der Waals surface area contributed by atoms with Crippen molar-refractivity contribution < 1.29 is 45.4 Å². The second-order valence-electron chi connectivity index (χ2n) is 9.26. The van der Waals surface area contributed by atoms with E-state index in [2.05, 4.69) is 4.99 Å². The molecular formula is C30H16F6N2O4. The number of ketones is 1. The van der Waals surface area contributed by atoms with Gasteiger partial charge in [0, 0.05) is 0 Å². The van der Waals surface area contributed by atoms with Crippen molar-refractivity contribution in [1.82, 2.24) is 0 Å². The van der Waals surface area contributed by atoms with E-state index >= 15 is 0 Å². The number of carbonyl (C=O) groups is 2. The van der Waals surface area contributed by atoms with Gasteiger partial charge < -0.3 is 9.47 Å². The number of hydrogen-bond acceptors (Lipinski definition) is 6. The van der Waals surface area contributed by atoms with Crippen LogP contribution in [0.5, 0.6) is 11.5 Å². The highest BCUT2D eigenvalue weighted by atomic mass is 19.4. The van der Waals surface area contributed by atoms with Crippen molar-refractivity contribution in [3.8, 4) is 11.5 Å². The summed E-state index contributed by atoms with van der Waals surface area (Å²) in [5.41, 5.74) is -8.50. The number of hydrogen-bond donors (Lipinski definition) is 0. The van der Waals surface area contributed by atoms with Gasteiger partial charge in [-0.3, -0.25) is 9.69 Å². The van der Waals surface area contributed by atoms with Crippen LogP contribution < -0.4 is 14.4 Å². The van der Waals surface area contributed by atoms with Crippen molar-refractivity contribution in [3.63, 3.8) is 0 Å². The summed E-state index contributed by atoms with van der Waals surface area (Å²) >= 11 is 0. The summed E-state index contributed by atoms with van der Waals surface area (Å²) in [6, 6.07) is 20.0. The molecule has 6 rings (SSSR count). The smallest absolute Gasteiger partial charge is 0.417 e. The third-order valence-corrected chi connectivity index (χ3v) is 6.70. The van der Waals surface area contributed by atoms with Crippen LogP contribution in [0.15, 0.2) is 102 Å². The molecule has 2 heterocycles. The number of fused-ring (bicyclic) bond motifs is 4. The number of rotatable bonds is 4. The predicted molar refractivity (Wildman–Crippen MR) is 138 cm³/mol. The van der Waals surface area contributed by atoms with E-state index in [1.807, 2.05) is 0 Å². The summed E-state index contributed by atoms with van der Waals surface area (Å²) in [5, 5.41) is 0. The molecule has 0 saturated heterocycles. The van der Waals surface area contributed by atoms with Gasteiger partial charge in [-0.25, -0.2) is 9.79 Å². The lowest BCUT2D eigenvalue weighted by Crippen LogP contribution is -2.62. The zero-order chi connectivity index (χ0) is 29.9. The van der Waals surface area contributed by atoms with Crippen LogP contribution in [0.1, 0.15) is 27.0 Å². The molecule has 1 unspecified atom stereocenters. The summed E-state index contributed by atoms with van der Waals surface area (Å²) in [7, 11) is 0. The Labute approximate surface area is 233 Å². The Bertz CT molecular complexity index is 1750. The molecule has 0 N–H and O–H groups in total. The molecule has 2 aliphatic heterocycles. The van der Waals surface area contributed by atoms with E-state index in [4.69, 9.17) is 9.47 Å². The van der Waals surface area contributed by atoms with Gasteiger partial charge in [0.05, 0.1) is 33.6 Å². The fraction of sp³-hybridized carbons (Fsp3) is 0.100. The van der Waals surface area contributed by atoms with E-state index in [-0.39, 0.29) is 11.5 Å². The molecule has 0 fully saturated rings. The molecule has 2 aliphatic rings. The van der Waals surface area contributed by atoms with Gasteiger partial charge in [-0.1, -0.05) is 48.5 Å². The number of Topliss-reactive ketones (excluding diaryl/α,β-unsaturated/α-hetero) is 1. The SMILES string of the molecule is O=C1C2=Nc3cccc(C(F)(F)F)c3C(Oc3ccccc3)(C(=O)Oc3ccccc3)N2c2cccc(C(F)(F)F)c21. The number of amidine groups is 1. The molecule has 0 spiro atoms. The molecular weight excluding hydrogens is 566 g/mol. The number of nitrogens with zero attached hydrogens (tertiary/aromatic N) is 2. The molecule has 12 heteroatoms. The summed E-state index contributed by atoms with van der Waals surface area (Å²) in [6.07, 6.45) is -10.1. The summed E-state index contributed by atoms with van der Waals surface area (Å²) in [4.78, 5) is 32.7. The van der Waals surface area contributed by atoms with Crippen LogP contribution in [-0.4, -0.2) is 17.6 Å². The molecule has 6 nitrogen and oxygen atoms in total. The lowest BCUT2D eigenvalue weighted by atomic mass is 9.90. The number of anilines is 1. The number of carbonyl (C=O) groups excluding carboxylic acids is 2. The molecule has 0 bridgehead atoms. The quantitative estimate of drug-likeness (QED) is 0.143. The van der Waals surface area contributed by atoms with Crippen molar-refractivity contribution in [2.45, 2.75) is 18.1 Å². The van der Waals surface area contributed by atoms with Gasteiger partial charge in [0.25, 0.3) is 0 Å². The second-order valence-corrected chi connectivity index (χ2v) is 9.26. The molecule has 0 radical (unpaired) electrons. The number of benzene rings is 4. The Hall–Kier alpha value is -5.13. The first kappa shape index (κ1) is 27.1. The van der Waals surface area contributed by atoms with Gasteiger partial charge in [-0.05, 0) is 48.5 Å². The summed E-state index contributed by atoms with van der Waals surface area (Å²) in [6.45, 7) is 0. The zero-order valence-corrected chi connectivity index (χ0v) is 21.0. The van der Waals surface area contributed by atoms with Crippen molar-refractivity contribution in [2.75, 3.05) is 4.90 Å².